The quantitative estimate of drug-likeness (QED) is 0.742. The summed E-state index contributed by atoms with van der Waals surface area (Å²) in [5.41, 5.74) is 4.49. The number of aryl methyl sites for hydroxylation is 1. The summed E-state index contributed by atoms with van der Waals surface area (Å²) in [6.07, 6.45) is 3.53. The predicted molar refractivity (Wildman–Crippen MR) is 82.7 cm³/mol. The van der Waals surface area contributed by atoms with Gasteiger partial charge in [0.2, 0.25) is 0 Å². The van der Waals surface area contributed by atoms with Crippen LogP contribution >= 0.6 is 0 Å². The van der Waals surface area contributed by atoms with Crippen molar-refractivity contribution in [3.8, 4) is 22.3 Å². The van der Waals surface area contributed by atoms with E-state index in [9.17, 15) is 4.79 Å². The molecule has 0 aliphatic heterocycles. The molecule has 98 valence electrons. The molecular formula is C18H15NO. The molecule has 3 aromatic rings. The van der Waals surface area contributed by atoms with E-state index >= 15 is 0 Å². The first-order chi connectivity index (χ1) is 9.75. The SMILES string of the molecule is Cc1cccc(-c2c[nH]cc(-c3ccccc3)c2=O)c1. The summed E-state index contributed by atoms with van der Waals surface area (Å²) in [6, 6.07) is 17.7. The van der Waals surface area contributed by atoms with E-state index in [4.69, 9.17) is 0 Å². The van der Waals surface area contributed by atoms with Gasteiger partial charge in [0, 0.05) is 23.5 Å². The van der Waals surface area contributed by atoms with E-state index in [-0.39, 0.29) is 5.43 Å². The number of H-pyrrole nitrogens is 1. The van der Waals surface area contributed by atoms with E-state index in [1.807, 2.05) is 61.5 Å². The Morgan fingerprint density at radius 2 is 1.45 bits per heavy atom. The Morgan fingerprint density at radius 3 is 2.15 bits per heavy atom. The second-order valence-corrected chi connectivity index (χ2v) is 4.85. The zero-order valence-corrected chi connectivity index (χ0v) is 11.3. The van der Waals surface area contributed by atoms with Crippen LogP contribution in [0.25, 0.3) is 22.3 Å². The molecule has 0 bridgehead atoms. The number of hydrogen-bond donors (Lipinski definition) is 1. The molecule has 3 rings (SSSR count). The van der Waals surface area contributed by atoms with Crippen LogP contribution in [-0.4, -0.2) is 4.98 Å². The fourth-order valence-electron chi connectivity index (χ4n) is 2.34. The zero-order valence-electron chi connectivity index (χ0n) is 11.3. The molecule has 2 heteroatoms. The van der Waals surface area contributed by atoms with Crippen LogP contribution in [0.2, 0.25) is 0 Å². The maximum absolute atomic E-state index is 12.7. The van der Waals surface area contributed by atoms with E-state index in [1.165, 1.54) is 0 Å². The van der Waals surface area contributed by atoms with Crippen molar-refractivity contribution >= 4 is 0 Å². The summed E-state index contributed by atoms with van der Waals surface area (Å²) in [7, 11) is 0. The highest BCUT2D eigenvalue weighted by molar-refractivity contribution is 5.71. The van der Waals surface area contributed by atoms with Gasteiger partial charge in [0.25, 0.3) is 0 Å². The van der Waals surface area contributed by atoms with Crippen LogP contribution in [-0.2, 0) is 0 Å². The minimum atomic E-state index is 0.0561. The molecule has 2 aromatic carbocycles. The zero-order chi connectivity index (χ0) is 13.9. The van der Waals surface area contributed by atoms with Crippen LogP contribution in [0.1, 0.15) is 5.56 Å². The lowest BCUT2D eigenvalue weighted by molar-refractivity contribution is 1.30. The maximum Gasteiger partial charge on any atom is 0.197 e. The number of nitrogens with one attached hydrogen (secondary N) is 1. The second kappa shape index (κ2) is 5.17. The summed E-state index contributed by atoms with van der Waals surface area (Å²) in [6.45, 7) is 2.03. The highest BCUT2D eigenvalue weighted by atomic mass is 16.1. The van der Waals surface area contributed by atoms with Gasteiger partial charge in [-0.05, 0) is 18.1 Å². The Kier molecular flexibility index (Phi) is 3.21. The average Bonchev–Trinajstić information content (AvgIpc) is 2.48. The van der Waals surface area contributed by atoms with E-state index in [1.54, 1.807) is 12.4 Å². The molecule has 1 heterocycles. The van der Waals surface area contributed by atoms with Gasteiger partial charge in [-0.1, -0.05) is 60.2 Å². The highest BCUT2D eigenvalue weighted by Gasteiger charge is 2.09. The predicted octanol–water partition coefficient (Wildman–Crippen LogP) is 4.02. The monoisotopic (exact) mass is 261 g/mol. The van der Waals surface area contributed by atoms with Crippen LogP contribution in [0.15, 0.2) is 71.8 Å². The lowest BCUT2D eigenvalue weighted by atomic mass is 10.0. The van der Waals surface area contributed by atoms with Gasteiger partial charge in [-0.15, -0.1) is 0 Å². The molecule has 2 nitrogen and oxygen atoms in total. The minimum absolute atomic E-state index is 0.0561. The summed E-state index contributed by atoms with van der Waals surface area (Å²) < 4.78 is 0. The number of pyridine rings is 1. The molecule has 0 spiro atoms. The van der Waals surface area contributed by atoms with Gasteiger partial charge < -0.3 is 4.98 Å². The van der Waals surface area contributed by atoms with Crippen molar-refractivity contribution < 1.29 is 0 Å². The van der Waals surface area contributed by atoms with Crippen molar-refractivity contribution in [2.24, 2.45) is 0 Å². The molecule has 0 amide bonds. The molecule has 1 aromatic heterocycles. The standard InChI is InChI=1S/C18H15NO/c1-13-6-5-9-15(10-13)17-12-19-11-16(18(17)20)14-7-3-2-4-8-14/h2-12H,1H3,(H,19,20). The van der Waals surface area contributed by atoms with Crippen molar-refractivity contribution in [3.05, 3.63) is 82.8 Å². The van der Waals surface area contributed by atoms with Crippen molar-refractivity contribution in [1.29, 1.82) is 0 Å². The summed E-state index contributed by atoms with van der Waals surface area (Å²) >= 11 is 0. The largest absolute Gasteiger partial charge is 0.366 e. The summed E-state index contributed by atoms with van der Waals surface area (Å²) in [4.78, 5) is 15.7. The number of aromatic nitrogens is 1. The van der Waals surface area contributed by atoms with Gasteiger partial charge in [-0.2, -0.15) is 0 Å². The smallest absolute Gasteiger partial charge is 0.197 e. The third-order valence-corrected chi connectivity index (χ3v) is 3.36. The number of aromatic amines is 1. The van der Waals surface area contributed by atoms with Gasteiger partial charge >= 0.3 is 0 Å². The Morgan fingerprint density at radius 1 is 0.800 bits per heavy atom. The molecule has 0 radical (unpaired) electrons. The van der Waals surface area contributed by atoms with Gasteiger partial charge in [-0.3, -0.25) is 4.79 Å². The summed E-state index contributed by atoms with van der Waals surface area (Å²) in [5.74, 6) is 0. The fraction of sp³-hybridized carbons (Fsp3) is 0.0556. The van der Waals surface area contributed by atoms with Crippen LogP contribution in [0.3, 0.4) is 0 Å². The van der Waals surface area contributed by atoms with Gasteiger partial charge in [0.1, 0.15) is 0 Å². The lowest BCUT2D eigenvalue weighted by Gasteiger charge is -2.05. The van der Waals surface area contributed by atoms with Crippen LogP contribution < -0.4 is 5.43 Å². The molecule has 0 aliphatic carbocycles. The first-order valence-electron chi connectivity index (χ1n) is 6.59. The van der Waals surface area contributed by atoms with Crippen LogP contribution in [0.4, 0.5) is 0 Å². The molecule has 1 N–H and O–H groups in total. The van der Waals surface area contributed by atoms with Crippen LogP contribution in [0.5, 0.6) is 0 Å². The Bertz CT molecular complexity index is 788. The molecule has 0 saturated heterocycles. The molecule has 0 fully saturated rings. The maximum atomic E-state index is 12.7. The number of rotatable bonds is 2. The van der Waals surface area contributed by atoms with Crippen molar-refractivity contribution in [1.82, 2.24) is 4.98 Å². The number of benzene rings is 2. The van der Waals surface area contributed by atoms with E-state index in [0.717, 1.165) is 16.7 Å². The Balaban J connectivity index is 2.18. The van der Waals surface area contributed by atoms with Crippen molar-refractivity contribution in [2.75, 3.05) is 0 Å². The van der Waals surface area contributed by atoms with Gasteiger partial charge in [-0.25, -0.2) is 0 Å². The molecular weight excluding hydrogens is 246 g/mol. The first-order valence-corrected chi connectivity index (χ1v) is 6.59. The topological polar surface area (TPSA) is 32.9 Å². The number of hydrogen-bond acceptors (Lipinski definition) is 1. The van der Waals surface area contributed by atoms with Crippen molar-refractivity contribution in [2.45, 2.75) is 6.92 Å². The van der Waals surface area contributed by atoms with Gasteiger partial charge in [0.05, 0.1) is 0 Å². The first kappa shape index (κ1) is 12.4. The third-order valence-electron chi connectivity index (χ3n) is 3.36. The van der Waals surface area contributed by atoms with Crippen LogP contribution in [0, 0.1) is 6.92 Å². The molecule has 0 atom stereocenters. The Labute approximate surface area is 117 Å². The lowest BCUT2D eigenvalue weighted by Crippen LogP contribution is -2.08. The highest BCUT2D eigenvalue weighted by Crippen LogP contribution is 2.20. The van der Waals surface area contributed by atoms with E-state index < -0.39 is 0 Å². The fourth-order valence-corrected chi connectivity index (χ4v) is 2.34. The molecule has 20 heavy (non-hydrogen) atoms. The normalized spacial score (nSPS) is 10.4. The molecule has 0 aliphatic rings. The minimum Gasteiger partial charge on any atom is -0.366 e. The van der Waals surface area contributed by atoms with Gasteiger partial charge in [0.15, 0.2) is 5.43 Å². The van der Waals surface area contributed by atoms with Crippen molar-refractivity contribution in [3.63, 3.8) is 0 Å². The van der Waals surface area contributed by atoms with E-state index in [0.29, 0.717) is 11.1 Å². The molecule has 0 saturated carbocycles. The Hall–Kier alpha value is -2.61. The summed E-state index contributed by atoms with van der Waals surface area (Å²) in [5, 5.41) is 0. The average molecular weight is 261 g/mol. The third kappa shape index (κ3) is 2.28. The molecule has 0 unspecified atom stereocenters. The second-order valence-electron chi connectivity index (χ2n) is 4.85. The van der Waals surface area contributed by atoms with E-state index in [2.05, 4.69) is 4.98 Å².